The lowest BCUT2D eigenvalue weighted by atomic mass is 9.94. The molecule has 1 fully saturated rings. The van der Waals surface area contributed by atoms with E-state index in [0.29, 0.717) is 0 Å². The molecule has 0 bridgehead atoms. The molecule has 5 nitrogen and oxygen atoms in total. The quantitative estimate of drug-likeness (QED) is 0.622. The highest BCUT2D eigenvalue weighted by Crippen LogP contribution is 2.12. The number of nitrogens with one attached hydrogen (secondary N) is 2. The summed E-state index contributed by atoms with van der Waals surface area (Å²) in [5.41, 5.74) is 5.50. The van der Waals surface area contributed by atoms with Crippen molar-refractivity contribution in [2.45, 2.75) is 51.7 Å². The molecular weight excluding hydrogens is 218 g/mol. The van der Waals surface area contributed by atoms with Gasteiger partial charge in [0, 0.05) is 0 Å². The minimum absolute atomic E-state index is 0.0755. The first-order valence-corrected chi connectivity index (χ1v) is 6.26. The molecule has 0 spiro atoms. The second-order valence-electron chi connectivity index (χ2n) is 5.07. The summed E-state index contributed by atoms with van der Waals surface area (Å²) >= 11 is 0. The van der Waals surface area contributed by atoms with E-state index in [1.54, 1.807) is 6.92 Å². The Morgan fingerprint density at radius 2 is 2.00 bits per heavy atom. The average Bonchev–Trinajstić information content (AvgIpc) is 2.77. The molecule has 5 heteroatoms. The van der Waals surface area contributed by atoms with Crippen molar-refractivity contribution >= 4 is 11.7 Å². The predicted octanol–water partition coefficient (Wildman–Crippen LogP) is -0.204. The number of amides is 1. The summed E-state index contributed by atoms with van der Waals surface area (Å²) in [6, 6.07) is -1.14. The molecule has 1 heterocycles. The average molecular weight is 241 g/mol. The molecule has 1 saturated heterocycles. The van der Waals surface area contributed by atoms with E-state index in [2.05, 4.69) is 10.6 Å². The van der Waals surface area contributed by atoms with Crippen LogP contribution in [0, 0.1) is 5.92 Å². The summed E-state index contributed by atoms with van der Waals surface area (Å²) in [4.78, 5) is 23.8. The number of carbonyl (C=O) groups is 2. The van der Waals surface area contributed by atoms with Gasteiger partial charge < -0.3 is 16.4 Å². The van der Waals surface area contributed by atoms with Gasteiger partial charge in [0.2, 0.25) is 5.91 Å². The standard InChI is InChI=1S/C12H23N3O2/c1-7(2)10(15-12(17)8(3)13)11(16)9-5-4-6-14-9/h7-10,14H,4-6,13H2,1-3H3,(H,15,17)/t8-,9-,10-/m0/s1. The molecule has 98 valence electrons. The van der Waals surface area contributed by atoms with Crippen molar-refractivity contribution in [1.82, 2.24) is 10.6 Å². The second-order valence-corrected chi connectivity index (χ2v) is 5.07. The van der Waals surface area contributed by atoms with Crippen LogP contribution in [0.2, 0.25) is 0 Å². The third kappa shape index (κ3) is 3.78. The smallest absolute Gasteiger partial charge is 0.237 e. The lowest BCUT2D eigenvalue weighted by Crippen LogP contribution is -2.53. The Hall–Kier alpha value is -0.940. The summed E-state index contributed by atoms with van der Waals surface area (Å²) in [6.07, 6.45) is 1.87. The monoisotopic (exact) mass is 241 g/mol. The van der Waals surface area contributed by atoms with Crippen LogP contribution in [-0.4, -0.2) is 36.4 Å². The summed E-state index contributed by atoms with van der Waals surface area (Å²) in [5, 5.41) is 5.90. The van der Waals surface area contributed by atoms with Crippen molar-refractivity contribution < 1.29 is 9.59 Å². The predicted molar refractivity (Wildman–Crippen MR) is 66.4 cm³/mol. The molecule has 4 N–H and O–H groups in total. The van der Waals surface area contributed by atoms with Gasteiger partial charge in [-0.15, -0.1) is 0 Å². The molecule has 1 aliphatic rings. The van der Waals surface area contributed by atoms with Gasteiger partial charge in [0.05, 0.1) is 18.1 Å². The number of carbonyl (C=O) groups excluding carboxylic acids is 2. The Morgan fingerprint density at radius 3 is 2.41 bits per heavy atom. The Labute approximate surface area is 103 Å². The first kappa shape index (κ1) is 14.1. The van der Waals surface area contributed by atoms with Crippen LogP contribution < -0.4 is 16.4 Å². The van der Waals surface area contributed by atoms with E-state index >= 15 is 0 Å². The summed E-state index contributed by atoms with van der Waals surface area (Å²) in [6.45, 7) is 6.35. The molecule has 0 saturated carbocycles. The van der Waals surface area contributed by atoms with Crippen molar-refractivity contribution in [2.24, 2.45) is 11.7 Å². The fraction of sp³-hybridized carbons (Fsp3) is 0.833. The Bertz CT molecular complexity index is 283. The van der Waals surface area contributed by atoms with Gasteiger partial charge >= 0.3 is 0 Å². The van der Waals surface area contributed by atoms with Crippen LogP contribution >= 0.6 is 0 Å². The molecule has 0 aliphatic carbocycles. The highest BCUT2D eigenvalue weighted by atomic mass is 16.2. The highest BCUT2D eigenvalue weighted by molar-refractivity contribution is 5.94. The Morgan fingerprint density at radius 1 is 1.35 bits per heavy atom. The number of hydrogen-bond acceptors (Lipinski definition) is 4. The fourth-order valence-corrected chi connectivity index (χ4v) is 2.00. The van der Waals surface area contributed by atoms with Crippen LogP contribution in [0.25, 0.3) is 0 Å². The van der Waals surface area contributed by atoms with E-state index in [1.165, 1.54) is 0 Å². The maximum absolute atomic E-state index is 12.2. The van der Waals surface area contributed by atoms with Gasteiger partial charge in [0.15, 0.2) is 5.78 Å². The van der Waals surface area contributed by atoms with Crippen LogP contribution in [0.4, 0.5) is 0 Å². The molecule has 0 aromatic heterocycles. The normalized spacial score (nSPS) is 23.5. The van der Waals surface area contributed by atoms with E-state index in [-0.39, 0.29) is 23.7 Å². The fourth-order valence-electron chi connectivity index (χ4n) is 2.00. The van der Waals surface area contributed by atoms with E-state index in [1.807, 2.05) is 13.8 Å². The molecule has 0 unspecified atom stereocenters. The molecule has 0 aromatic carbocycles. The van der Waals surface area contributed by atoms with Gasteiger partial charge in [0.25, 0.3) is 0 Å². The third-order valence-electron chi connectivity index (χ3n) is 3.09. The van der Waals surface area contributed by atoms with E-state index < -0.39 is 12.1 Å². The highest BCUT2D eigenvalue weighted by Gasteiger charge is 2.32. The maximum atomic E-state index is 12.2. The first-order valence-electron chi connectivity index (χ1n) is 6.26. The van der Waals surface area contributed by atoms with Crippen LogP contribution in [0.15, 0.2) is 0 Å². The summed E-state index contributed by atoms with van der Waals surface area (Å²) in [5.74, 6) is -0.117. The molecule has 1 aliphatic heterocycles. The lowest BCUT2D eigenvalue weighted by molar-refractivity contribution is -0.130. The van der Waals surface area contributed by atoms with Crippen molar-refractivity contribution in [3.05, 3.63) is 0 Å². The van der Waals surface area contributed by atoms with Gasteiger partial charge in [-0.25, -0.2) is 0 Å². The van der Waals surface area contributed by atoms with Crippen LogP contribution in [-0.2, 0) is 9.59 Å². The Balaban J connectivity index is 2.64. The minimum atomic E-state index is -0.583. The molecular formula is C12H23N3O2. The molecule has 1 amide bonds. The molecule has 17 heavy (non-hydrogen) atoms. The SMILES string of the molecule is CC(C)[C@H](NC(=O)[C@H](C)N)C(=O)[C@@H]1CCCN1. The van der Waals surface area contributed by atoms with Crippen LogP contribution in [0.5, 0.6) is 0 Å². The largest absolute Gasteiger partial charge is 0.345 e. The van der Waals surface area contributed by atoms with Crippen molar-refractivity contribution in [2.75, 3.05) is 6.54 Å². The van der Waals surface area contributed by atoms with Crippen molar-refractivity contribution in [3.8, 4) is 0 Å². The maximum Gasteiger partial charge on any atom is 0.237 e. The minimum Gasteiger partial charge on any atom is -0.345 e. The topological polar surface area (TPSA) is 84.2 Å². The molecule has 1 rings (SSSR count). The number of nitrogens with two attached hydrogens (primary N) is 1. The molecule has 3 atom stereocenters. The van der Waals surface area contributed by atoms with Gasteiger partial charge in [-0.1, -0.05) is 13.8 Å². The zero-order valence-electron chi connectivity index (χ0n) is 10.8. The molecule has 0 aromatic rings. The van der Waals surface area contributed by atoms with Crippen molar-refractivity contribution in [3.63, 3.8) is 0 Å². The van der Waals surface area contributed by atoms with Gasteiger partial charge in [-0.3, -0.25) is 9.59 Å². The van der Waals surface area contributed by atoms with Crippen molar-refractivity contribution in [1.29, 1.82) is 0 Å². The first-order chi connectivity index (χ1) is 7.93. The molecule has 0 radical (unpaired) electrons. The van der Waals surface area contributed by atoms with E-state index in [4.69, 9.17) is 5.73 Å². The number of rotatable bonds is 5. The second kappa shape index (κ2) is 6.12. The number of Topliss-reactive ketones (excluding diaryl/α,β-unsaturated/α-hetero) is 1. The van der Waals surface area contributed by atoms with Gasteiger partial charge in [0.1, 0.15) is 0 Å². The number of ketones is 1. The number of hydrogen-bond donors (Lipinski definition) is 3. The van der Waals surface area contributed by atoms with E-state index in [0.717, 1.165) is 19.4 Å². The summed E-state index contributed by atoms with van der Waals surface area (Å²) in [7, 11) is 0. The third-order valence-corrected chi connectivity index (χ3v) is 3.09. The Kier molecular flexibility index (Phi) is 5.08. The van der Waals surface area contributed by atoms with Gasteiger partial charge in [-0.05, 0) is 32.2 Å². The van der Waals surface area contributed by atoms with Gasteiger partial charge in [-0.2, -0.15) is 0 Å². The van der Waals surface area contributed by atoms with Crippen LogP contribution in [0.3, 0.4) is 0 Å². The zero-order chi connectivity index (χ0) is 13.0. The lowest BCUT2D eigenvalue weighted by Gasteiger charge is -2.25. The van der Waals surface area contributed by atoms with E-state index in [9.17, 15) is 9.59 Å². The summed E-state index contributed by atoms with van der Waals surface area (Å²) < 4.78 is 0. The zero-order valence-corrected chi connectivity index (χ0v) is 10.8. The van der Waals surface area contributed by atoms with Crippen LogP contribution in [0.1, 0.15) is 33.6 Å².